The molecule has 1 aromatic carbocycles. The van der Waals surface area contributed by atoms with Crippen molar-refractivity contribution in [2.75, 3.05) is 5.32 Å². The van der Waals surface area contributed by atoms with Crippen LogP contribution in [0, 0.1) is 9.39 Å². The topological polar surface area (TPSA) is 58.5 Å². The van der Waals surface area contributed by atoms with E-state index in [9.17, 15) is 4.39 Å². The molecule has 114 valence electrons. The number of hydroxylamine groups is 1. The van der Waals surface area contributed by atoms with Gasteiger partial charge in [-0.25, -0.2) is 14.4 Å². The Kier molecular flexibility index (Phi) is 6.62. The van der Waals surface area contributed by atoms with Crippen molar-refractivity contribution < 1.29 is 9.23 Å². The molecule has 0 fully saturated rings. The molecule has 0 saturated carbocycles. The van der Waals surface area contributed by atoms with Crippen LogP contribution in [0.15, 0.2) is 47.6 Å². The summed E-state index contributed by atoms with van der Waals surface area (Å²) in [7, 11) is 0. The lowest BCUT2D eigenvalue weighted by Crippen LogP contribution is -2.15. The van der Waals surface area contributed by atoms with Crippen molar-refractivity contribution >= 4 is 52.1 Å². The summed E-state index contributed by atoms with van der Waals surface area (Å²) in [6, 6.07) is 9.86. The Morgan fingerprint density at radius 3 is 3.00 bits per heavy atom. The largest absolute Gasteiger partial charge is 0.316 e. The molecule has 5 nitrogen and oxygen atoms in total. The van der Waals surface area contributed by atoms with Gasteiger partial charge in [0.15, 0.2) is 5.11 Å². The quantitative estimate of drug-likeness (QED) is 0.191. The van der Waals surface area contributed by atoms with Crippen LogP contribution in [-0.4, -0.2) is 16.4 Å². The highest BCUT2D eigenvalue weighted by Crippen LogP contribution is 2.07. The van der Waals surface area contributed by atoms with Crippen molar-refractivity contribution in [2.24, 2.45) is 4.99 Å². The highest BCUT2D eigenvalue weighted by atomic mass is 127. The van der Waals surface area contributed by atoms with Crippen LogP contribution in [0.4, 0.5) is 10.2 Å². The van der Waals surface area contributed by atoms with Gasteiger partial charge in [-0.1, -0.05) is 12.1 Å². The molecule has 0 aliphatic heterocycles. The first-order valence-electron chi connectivity index (χ1n) is 6.20. The summed E-state index contributed by atoms with van der Waals surface area (Å²) in [6.07, 6.45) is 3.02. The van der Waals surface area contributed by atoms with Gasteiger partial charge in [-0.3, -0.25) is 10.3 Å². The lowest BCUT2D eigenvalue weighted by molar-refractivity contribution is 0.0744. The number of aliphatic imine (C=N–C) groups is 1. The molecule has 0 radical (unpaired) electrons. The highest BCUT2D eigenvalue weighted by Gasteiger charge is 1.97. The van der Waals surface area contributed by atoms with Crippen LogP contribution < -0.4 is 10.8 Å². The van der Waals surface area contributed by atoms with E-state index in [0.717, 1.165) is 3.57 Å². The molecule has 0 atom stereocenters. The molecule has 2 N–H and O–H groups in total. The van der Waals surface area contributed by atoms with Crippen LogP contribution in [0.3, 0.4) is 0 Å². The molecule has 22 heavy (non-hydrogen) atoms. The fourth-order valence-corrected chi connectivity index (χ4v) is 1.94. The van der Waals surface area contributed by atoms with Gasteiger partial charge in [0.25, 0.3) is 0 Å². The normalized spacial score (nSPS) is 10.6. The fourth-order valence-electron chi connectivity index (χ4n) is 1.47. The molecule has 0 amide bonds. The van der Waals surface area contributed by atoms with E-state index < -0.39 is 0 Å². The molecular formula is C14H12FIN4OS. The van der Waals surface area contributed by atoms with Crippen molar-refractivity contribution in [3.05, 3.63) is 57.5 Å². The SMILES string of the molecule is Fc1cccc(CON/C=N/C(=S)Nc2ccc(I)cn2)c1. The van der Waals surface area contributed by atoms with E-state index in [-0.39, 0.29) is 17.5 Å². The minimum Gasteiger partial charge on any atom is -0.316 e. The predicted molar refractivity (Wildman–Crippen MR) is 96.0 cm³/mol. The van der Waals surface area contributed by atoms with Gasteiger partial charge in [0.2, 0.25) is 0 Å². The Morgan fingerprint density at radius 1 is 1.41 bits per heavy atom. The monoisotopic (exact) mass is 430 g/mol. The number of pyridine rings is 1. The lowest BCUT2D eigenvalue weighted by Gasteiger charge is -2.04. The molecule has 0 unspecified atom stereocenters. The van der Waals surface area contributed by atoms with E-state index in [1.807, 2.05) is 6.07 Å². The number of nitrogens with one attached hydrogen (secondary N) is 2. The number of hydrogen-bond donors (Lipinski definition) is 2. The smallest absolute Gasteiger partial charge is 0.199 e. The highest BCUT2D eigenvalue weighted by molar-refractivity contribution is 14.1. The van der Waals surface area contributed by atoms with E-state index >= 15 is 0 Å². The maximum atomic E-state index is 12.9. The summed E-state index contributed by atoms with van der Waals surface area (Å²) in [5.41, 5.74) is 3.23. The van der Waals surface area contributed by atoms with Gasteiger partial charge in [0, 0.05) is 9.77 Å². The molecule has 1 aromatic heterocycles. The summed E-state index contributed by atoms with van der Waals surface area (Å²) in [5, 5.41) is 3.11. The van der Waals surface area contributed by atoms with Crippen LogP contribution in [0.25, 0.3) is 0 Å². The minimum absolute atomic E-state index is 0.211. The van der Waals surface area contributed by atoms with Crippen molar-refractivity contribution in [1.82, 2.24) is 10.5 Å². The van der Waals surface area contributed by atoms with E-state index in [0.29, 0.717) is 11.4 Å². The molecule has 0 spiro atoms. The predicted octanol–water partition coefficient (Wildman–Crippen LogP) is 3.27. The Bertz CT molecular complexity index is 666. The Hall–Kier alpha value is -1.65. The van der Waals surface area contributed by atoms with Crippen LogP contribution in [0.5, 0.6) is 0 Å². The maximum Gasteiger partial charge on any atom is 0.199 e. The standard InChI is InChI=1S/C14H12FIN4OS/c15-11-3-1-2-10(6-11)8-21-19-9-18-14(22)20-13-5-4-12(16)7-17-13/h1-7,9H,8H2,(H2,17,18,19,20,22). The zero-order chi connectivity index (χ0) is 15.8. The van der Waals surface area contributed by atoms with Gasteiger partial charge in [0.1, 0.15) is 18.0 Å². The average Bonchev–Trinajstić information content (AvgIpc) is 2.49. The Balaban J connectivity index is 1.71. The maximum absolute atomic E-state index is 12.9. The van der Waals surface area contributed by atoms with E-state index in [4.69, 9.17) is 17.1 Å². The lowest BCUT2D eigenvalue weighted by atomic mass is 10.2. The summed E-state index contributed by atoms with van der Waals surface area (Å²) >= 11 is 7.20. The van der Waals surface area contributed by atoms with Crippen molar-refractivity contribution in [1.29, 1.82) is 0 Å². The summed E-state index contributed by atoms with van der Waals surface area (Å²) in [4.78, 5) is 13.2. The van der Waals surface area contributed by atoms with Gasteiger partial charge in [-0.2, -0.15) is 0 Å². The summed E-state index contributed by atoms with van der Waals surface area (Å²) in [5.74, 6) is 0.313. The number of aromatic nitrogens is 1. The summed E-state index contributed by atoms with van der Waals surface area (Å²) in [6.45, 7) is 0.211. The molecule has 1 heterocycles. The molecule has 0 saturated heterocycles. The molecule has 8 heteroatoms. The second-order valence-electron chi connectivity index (χ2n) is 4.09. The van der Waals surface area contributed by atoms with Gasteiger partial charge >= 0.3 is 0 Å². The Labute approximate surface area is 146 Å². The van der Waals surface area contributed by atoms with Crippen LogP contribution in [0.1, 0.15) is 5.56 Å². The second kappa shape index (κ2) is 8.71. The zero-order valence-electron chi connectivity index (χ0n) is 11.3. The first kappa shape index (κ1) is 16.7. The molecule has 0 aliphatic carbocycles. The third-order valence-electron chi connectivity index (χ3n) is 2.41. The number of nitrogens with zero attached hydrogens (tertiary/aromatic N) is 2. The number of benzene rings is 1. The average molecular weight is 430 g/mol. The molecular weight excluding hydrogens is 418 g/mol. The Morgan fingerprint density at radius 2 is 2.27 bits per heavy atom. The van der Waals surface area contributed by atoms with Crippen molar-refractivity contribution in [3.63, 3.8) is 0 Å². The molecule has 2 aromatic rings. The van der Waals surface area contributed by atoms with E-state index in [1.54, 1.807) is 24.4 Å². The number of anilines is 1. The molecule has 2 rings (SSSR count). The van der Waals surface area contributed by atoms with Crippen molar-refractivity contribution in [2.45, 2.75) is 6.61 Å². The van der Waals surface area contributed by atoms with Crippen LogP contribution in [-0.2, 0) is 11.4 Å². The second-order valence-corrected chi connectivity index (χ2v) is 5.72. The van der Waals surface area contributed by atoms with Crippen LogP contribution >= 0.6 is 34.8 Å². The number of halogens is 2. The molecule has 0 bridgehead atoms. The van der Waals surface area contributed by atoms with Gasteiger partial charge in [0.05, 0.1) is 6.61 Å². The van der Waals surface area contributed by atoms with E-state index in [2.05, 4.69) is 43.4 Å². The van der Waals surface area contributed by atoms with Gasteiger partial charge in [-0.05, 0) is 64.6 Å². The zero-order valence-corrected chi connectivity index (χ0v) is 14.3. The summed E-state index contributed by atoms with van der Waals surface area (Å²) < 4.78 is 14.0. The van der Waals surface area contributed by atoms with E-state index in [1.165, 1.54) is 18.5 Å². The third-order valence-corrected chi connectivity index (χ3v) is 3.25. The fraction of sp³-hybridized carbons (Fsp3) is 0.0714. The minimum atomic E-state index is -0.301. The van der Waals surface area contributed by atoms with Gasteiger partial charge < -0.3 is 5.32 Å². The van der Waals surface area contributed by atoms with Crippen molar-refractivity contribution in [3.8, 4) is 0 Å². The number of thiocarbonyl (C=S) groups is 1. The molecule has 0 aliphatic rings. The van der Waals surface area contributed by atoms with Crippen LogP contribution in [0.2, 0.25) is 0 Å². The number of rotatable bonds is 5. The van der Waals surface area contributed by atoms with Gasteiger partial charge in [-0.15, -0.1) is 0 Å². The third kappa shape index (κ3) is 6.00. The first-order valence-corrected chi connectivity index (χ1v) is 7.69. The first-order chi connectivity index (χ1) is 10.6. The number of hydrogen-bond acceptors (Lipinski definition) is 3.